The van der Waals surface area contributed by atoms with Gasteiger partial charge in [-0.1, -0.05) is 18.2 Å². The first-order valence-corrected chi connectivity index (χ1v) is 9.83. The van der Waals surface area contributed by atoms with Gasteiger partial charge in [0.25, 0.3) is 15.9 Å². The van der Waals surface area contributed by atoms with Crippen molar-refractivity contribution >= 4 is 34.0 Å². The molecule has 3 rings (SSSR count). The van der Waals surface area contributed by atoms with Gasteiger partial charge >= 0.3 is 0 Å². The Morgan fingerprint density at radius 1 is 1.15 bits per heavy atom. The molecular formula is C18H21ClFN3O3S. The first-order chi connectivity index (χ1) is 12.5. The van der Waals surface area contributed by atoms with Gasteiger partial charge in [-0.3, -0.25) is 9.52 Å². The first kappa shape index (κ1) is 21.1. The number of anilines is 1. The van der Waals surface area contributed by atoms with Crippen molar-refractivity contribution in [1.82, 2.24) is 10.6 Å². The van der Waals surface area contributed by atoms with E-state index in [2.05, 4.69) is 15.4 Å². The highest BCUT2D eigenvalue weighted by Crippen LogP contribution is 2.19. The first-order valence-electron chi connectivity index (χ1n) is 8.35. The van der Waals surface area contributed by atoms with Gasteiger partial charge in [-0.25, -0.2) is 12.8 Å². The summed E-state index contributed by atoms with van der Waals surface area (Å²) in [5.74, 6) is -1.00. The fourth-order valence-electron chi connectivity index (χ4n) is 2.80. The van der Waals surface area contributed by atoms with Gasteiger partial charge in [-0.05, 0) is 49.7 Å². The number of nitrogens with one attached hydrogen (secondary N) is 3. The van der Waals surface area contributed by atoms with Crippen LogP contribution >= 0.6 is 12.4 Å². The summed E-state index contributed by atoms with van der Waals surface area (Å²) in [5, 5.41) is 6.10. The number of halogens is 2. The van der Waals surface area contributed by atoms with Gasteiger partial charge in [0.2, 0.25) is 0 Å². The standard InChI is InChI=1S/C18H20FN3O3S.ClH/c19-16-8-1-2-9-17(16)22-26(24,25)15-7-3-5-13(11-15)18(23)21-14-6-4-10-20-12-14;/h1-3,5,7-9,11,14,20,22H,4,6,10,12H2,(H,21,23);1H. The molecule has 1 unspecified atom stereocenters. The third kappa shape index (κ3) is 5.41. The molecule has 1 fully saturated rings. The molecule has 0 bridgehead atoms. The molecule has 6 nitrogen and oxygen atoms in total. The summed E-state index contributed by atoms with van der Waals surface area (Å²) in [6.45, 7) is 1.63. The van der Waals surface area contributed by atoms with E-state index in [4.69, 9.17) is 0 Å². The Morgan fingerprint density at radius 2 is 1.93 bits per heavy atom. The molecule has 1 heterocycles. The molecule has 146 valence electrons. The minimum Gasteiger partial charge on any atom is -0.348 e. The van der Waals surface area contributed by atoms with Crippen LogP contribution < -0.4 is 15.4 Å². The summed E-state index contributed by atoms with van der Waals surface area (Å²) < 4.78 is 40.9. The van der Waals surface area contributed by atoms with Crippen molar-refractivity contribution < 1.29 is 17.6 Å². The van der Waals surface area contributed by atoms with Crippen LogP contribution in [0.3, 0.4) is 0 Å². The molecular weight excluding hydrogens is 393 g/mol. The molecule has 0 aromatic heterocycles. The molecule has 1 saturated heterocycles. The number of carbonyl (C=O) groups is 1. The van der Waals surface area contributed by atoms with Crippen LogP contribution in [0.25, 0.3) is 0 Å². The van der Waals surface area contributed by atoms with Crippen LogP contribution in [0.15, 0.2) is 53.4 Å². The van der Waals surface area contributed by atoms with E-state index in [0.717, 1.165) is 19.4 Å². The minimum atomic E-state index is -4.01. The highest BCUT2D eigenvalue weighted by molar-refractivity contribution is 7.92. The van der Waals surface area contributed by atoms with Gasteiger partial charge in [0, 0.05) is 18.2 Å². The maximum atomic E-state index is 13.7. The van der Waals surface area contributed by atoms with Gasteiger partial charge in [0.1, 0.15) is 5.82 Å². The van der Waals surface area contributed by atoms with E-state index < -0.39 is 15.8 Å². The summed E-state index contributed by atoms with van der Waals surface area (Å²) in [6, 6.07) is 11.2. The van der Waals surface area contributed by atoms with Gasteiger partial charge in [0.15, 0.2) is 0 Å². The molecule has 0 aliphatic carbocycles. The zero-order chi connectivity index (χ0) is 18.6. The molecule has 1 amide bonds. The molecule has 27 heavy (non-hydrogen) atoms. The Labute approximate surface area is 164 Å². The number of hydrogen-bond donors (Lipinski definition) is 3. The number of benzene rings is 2. The Balaban J connectivity index is 0.00000261. The molecule has 9 heteroatoms. The largest absolute Gasteiger partial charge is 0.348 e. The maximum Gasteiger partial charge on any atom is 0.262 e. The van der Waals surface area contributed by atoms with E-state index >= 15 is 0 Å². The highest BCUT2D eigenvalue weighted by Gasteiger charge is 2.20. The van der Waals surface area contributed by atoms with Crippen molar-refractivity contribution in [2.45, 2.75) is 23.8 Å². The van der Waals surface area contributed by atoms with Crippen molar-refractivity contribution in [1.29, 1.82) is 0 Å². The number of hydrogen-bond acceptors (Lipinski definition) is 4. The van der Waals surface area contributed by atoms with Gasteiger partial charge < -0.3 is 10.6 Å². The normalized spacial score (nSPS) is 16.9. The predicted octanol–water partition coefficient (Wildman–Crippen LogP) is 2.53. The fraction of sp³-hybridized carbons (Fsp3) is 0.278. The van der Waals surface area contributed by atoms with Crippen LogP contribution in [0.2, 0.25) is 0 Å². The summed E-state index contributed by atoms with van der Waals surface area (Å²) in [6.07, 6.45) is 1.86. The molecule has 0 radical (unpaired) electrons. The van der Waals surface area contributed by atoms with Crippen LogP contribution in [0.1, 0.15) is 23.2 Å². The van der Waals surface area contributed by atoms with E-state index in [9.17, 15) is 17.6 Å². The van der Waals surface area contributed by atoms with Crippen LogP contribution in [0, 0.1) is 5.82 Å². The number of sulfonamides is 1. The Kier molecular flexibility index (Phi) is 7.18. The number of amides is 1. The number of carbonyl (C=O) groups excluding carboxylic acids is 1. The Morgan fingerprint density at radius 3 is 2.63 bits per heavy atom. The van der Waals surface area contributed by atoms with Crippen LogP contribution in [-0.4, -0.2) is 33.5 Å². The second kappa shape index (κ2) is 9.16. The van der Waals surface area contributed by atoms with Crippen molar-refractivity contribution in [3.63, 3.8) is 0 Å². The fourth-order valence-corrected chi connectivity index (χ4v) is 3.91. The maximum absolute atomic E-state index is 13.7. The molecule has 3 N–H and O–H groups in total. The van der Waals surface area contributed by atoms with Crippen LogP contribution in [0.4, 0.5) is 10.1 Å². The number of piperidine rings is 1. The predicted molar refractivity (Wildman–Crippen MR) is 104 cm³/mol. The SMILES string of the molecule is Cl.O=C(NC1CCCNC1)c1cccc(S(=O)(=O)Nc2ccccc2F)c1. The average Bonchev–Trinajstić information content (AvgIpc) is 2.64. The monoisotopic (exact) mass is 413 g/mol. The van der Waals surface area contributed by atoms with E-state index in [1.54, 1.807) is 6.07 Å². The van der Waals surface area contributed by atoms with Crippen molar-refractivity contribution in [2.24, 2.45) is 0 Å². The summed E-state index contributed by atoms with van der Waals surface area (Å²) >= 11 is 0. The molecule has 2 aromatic rings. The van der Waals surface area contributed by atoms with Crippen molar-refractivity contribution in [2.75, 3.05) is 17.8 Å². The Hall–Kier alpha value is -2.16. The van der Waals surface area contributed by atoms with Crippen molar-refractivity contribution in [3.05, 3.63) is 59.9 Å². The minimum absolute atomic E-state index is 0. The molecule has 1 aliphatic heterocycles. The smallest absolute Gasteiger partial charge is 0.262 e. The average molecular weight is 414 g/mol. The lowest BCUT2D eigenvalue weighted by Crippen LogP contribution is -2.45. The second-order valence-electron chi connectivity index (χ2n) is 6.13. The van der Waals surface area contributed by atoms with E-state index in [1.807, 2.05) is 0 Å². The molecule has 0 spiro atoms. The quantitative estimate of drug-likeness (QED) is 0.703. The van der Waals surface area contributed by atoms with Crippen molar-refractivity contribution in [3.8, 4) is 0 Å². The molecule has 0 saturated carbocycles. The second-order valence-corrected chi connectivity index (χ2v) is 7.81. The molecule has 1 atom stereocenters. The number of rotatable bonds is 5. The number of para-hydroxylation sites is 1. The zero-order valence-corrected chi connectivity index (χ0v) is 16.1. The summed E-state index contributed by atoms with van der Waals surface area (Å²) in [5.41, 5.74) is 0.0996. The lowest BCUT2D eigenvalue weighted by atomic mass is 10.1. The van der Waals surface area contributed by atoms with E-state index in [-0.39, 0.29) is 40.5 Å². The molecule has 2 aromatic carbocycles. The Bertz CT molecular complexity index is 902. The van der Waals surface area contributed by atoms with Gasteiger partial charge in [0.05, 0.1) is 10.6 Å². The zero-order valence-electron chi connectivity index (χ0n) is 14.4. The van der Waals surface area contributed by atoms with E-state index in [0.29, 0.717) is 6.54 Å². The van der Waals surface area contributed by atoms with Gasteiger partial charge in [-0.2, -0.15) is 0 Å². The topological polar surface area (TPSA) is 87.3 Å². The highest BCUT2D eigenvalue weighted by atomic mass is 35.5. The summed E-state index contributed by atoms with van der Waals surface area (Å²) in [7, 11) is -4.01. The van der Waals surface area contributed by atoms with Crippen LogP contribution in [-0.2, 0) is 10.0 Å². The third-order valence-electron chi connectivity index (χ3n) is 4.16. The lowest BCUT2D eigenvalue weighted by Gasteiger charge is -2.23. The third-order valence-corrected chi connectivity index (χ3v) is 5.52. The molecule has 1 aliphatic rings. The summed E-state index contributed by atoms with van der Waals surface area (Å²) in [4.78, 5) is 12.3. The van der Waals surface area contributed by atoms with E-state index in [1.165, 1.54) is 42.5 Å². The van der Waals surface area contributed by atoms with Crippen LogP contribution in [0.5, 0.6) is 0 Å². The lowest BCUT2D eigenvalue weighted by molar-refractivity contribution is 0.0930. The van der Waals surface area contributed by atoms with Gasteiger partial charge in [-0.15, -0.1) is 12.4 Å².